The van der Waals surface area contributed by atoms with Crippen LogP contribution in [0.25, 0.3) is 20.9 Å². The van der Waals surface area contributed by atoms with Crippen molar-refractivity contribution in [2.24, 2.45) is 11.0 Å². The van der Waals surface area contributed by atoms with Gasteiger partial charge in [-0.05, 0) is 29.5 Å². The van der Waals surface area contributed by atoms with Gasteiger partial charge in [0.15, 0.2) is 0 Å². The van der Waals surface area contributed by atoms with Crippen molar-refractivity contribution in [3.05, 3.63) is 51.5 Å². The molecule has 0 bridgehead atoms. The molecule has 9 nitrogen and oxygen atoms in total. The van der Waals surface area contributed by atoms with E-state index in [0.29, 0.717) is 6.54 Å². The molecule has 0 unspecified atom stereocenters. The molecule has 2 heterocycles. The van der Waals surface area contributed by atoms with E-state index < -0.39 is 24.1 Å². The summed E-state index contributed by atoms with van der Waals surface area (Å²) >= 11 is 1.58. The van der Waals surface area contributed by atoms with E-state index in [2.05, 4.69) is 20.3 Å². The maximum atomic E-state index is 12.9. The number of amides is 2. The van der Waals surface area contributed by atoms with Crippen LogP contribution < -0.4 is 5.32 Å². The van der Waals surface area contributed by atoms with Gasteiger partial charge in [0.2, 0.25) is 11.8 Å². The van der Waals surface area contributed by atoms with Crippen LogP contribution in [0, 0.1) is 12.8 Å². The fraction of sp³-hybridized carbons (Fsp3) is 0.476. The van der Waals surface area contributed by atoms with E-state index in [1.807, 2.05) is 36.7 Å². The van der Waals surface area contributed by atoms with Crippen molar-refractivity contribution >= 4 is 23.2 Å². The normalized spacial score (nSPS) is 19.2. The zero-order valence-corrected chi connectivity index (χ0v) is 18.5. The zero-order chi connectivity index (χ0) is 22.5. The van der Waals surface area contributed by atoms with E-state index in [-0.39, 0.29) is 24.8 Å². The van der Waals surface area contributed by atoms with E-state index in [0.717, 1.165) is 21.7 Å². The summed E-state index contributed by atoms with van der Waals surface area (Å²) in [5.41, 5.74) is 13.6. The molecule has 0 radical (unpaired) electrons. The molecule has 0 spiro atoms. The monoisotopic (exact) mass is 442 g/mol. The molecule has 1 fully saturated rings. The molecule has 10 heteroatoms. The molecule has 1 aromatic heterocycles. The van der Waals surface area contributed by atoms with Crippen LogP contribution in [0.4, 0.5) is 0 Å². The molecule has 3 atom stereocenters. The molecule has 2 N–H and O–H groups in total. The van der Waals surface area contributed by atoms with Crippen molar-refractivity contribution in [1.29, 1.82) is 0 Å². The summed E-state index contributed by atoms with van der Waals surface area (Å²) in [6.07, 6.45) is -0.636. The number of aliphatic hydroxyl groups is 1. The second-order valence-electron chi connectivity index (χ2n) is 7.97. The Labute approximate surface area is 184 Å². The molecular weight excluding hydrogens is 416 g/mol. The zero-order valence-electron chi connectivity index (χ0n) is 17.7. The van der Waals surface area contributed by atoms with Gasteiger partial charge in [0.1, 0.15) is 12.1 Å². The Morgan fingerprint density at radius 3 is 2.68 bits per heavy atom. The van der Waals surface area contributed by atoms with Gasteiger partial charge in [0, 0.05) is 24.4 Å². The van der Waals surface area contributed by atoms with Gasteiger partial charge < -0.3 is 15.3 Å². The molecular formula is C21H26N6O3S. The second-order valence-corrected chi connectivity index (χ2v) is 8.83. The molecule has 1 aliphatic heterocycles. The SMILES string of the molecule is Cc1ncsc1-c1ccc(CNC(=O)[C@@H]2C[C@@H](O)CN2C(=O)[C@@H](N=[N+]=[N-])C(C)C)cc1. The summed E-state index contributed by atoms with van der Waals surface area (Å²) in [5.74, 6) is -0.991. The van der Waals surface area contributed by atoms with Crippen LogP contribution in [-0.2, 0) is 16.1 Å². The van der Waals surface area contributed by atoms with Crippen LogP contribution in [0.2, 0.25) is 0 Å². The molecule has 31 heavy (non-hydrogen) atoms. The molecule has 1 aliphatic rings. The smallest absolute Gasteiger partial charge is 0.243 e. The summed E-state index contributed by atoms with van der Waals surface area (Å²) in [6, 6.07) is 6.16. The number of benzene rings is 1. The number of aliphatic hydroxyl groups excluding tert-OH is 1. The Kier molecular flexibility index (Phi) is 7.27. The van der Waals surface area contributed by atoms with Gasteiger partial charge in [-0.15, -0.1) is 11.3 Å². The van der Waals surface area contributed by atoms with Gasteiger partial charge in [-0.2, -0.15) is 0 Å². The Hall–Kier alpha value is -2.94. The number of nitrogens with zero attached hydrogens (tertiary/aromatic N) is 5. The number of nitrogens with one attached hydrogen (secondary N) is 1. The molecule has 3 rings (SSSR count). The van der Waals surface area contributed by atoms with E-state index in [1.165, 1.54) is 4.90 Å². The molecule has 1 saturated heterocycles. The number of carbonyl (C=O) groups is 2. The highest BCUT2D eigenvalue weighted by Gasteiger charge is 2.41. The quantitative estimate of drug-likeness (QED) is 0.387. The maximum Gasteiger partial charge on any atom is 0.243 e. The average Bonchev–Trinajstić information content (AvgIpc) is 3.35. The first kappa shape index (κ1) is 22.7. The third-order valence-corrected chi connectivity index (χ3v) is 6.33. The van der Waals surface area contributed by atoms with Crippen molar-refractivity contribution < 1.29 is 14.7 Å². The van der Waals surface area contributed by atoms with Crippen LogP contribution in [0.15, 0.2) is 34.9 Å². The van der Waals surface area contributed by atoms with E-state index in [4.69, 9.17) is 5.53 Å². The van der Waals surface area contributed by atoms with Crippen molar-refractivity contribution in [3.63, 3.8) is 0 Å². The molecule has 2 aromatic rings. The number of hydrogen-bond donors (Lipinski definition) is 2. The summed E-state index contributed by atoms with van der Waals surface area (Å²) in [6.45, 7) is 5.87. The topological polar surface area (TPSA) is 131 Å². The van der Waals surface area contributed by atoms with Gasteiger partial charge >= 0.3 is 0 Å². The average molecular weight is 443 g/mol. The second kappa shape index (κ2) is 9.91. The number of likely N-dealkylation sites (tertiary alicyclic amines) is 1. The highest BCUT2D eigenvalue weighted by atomic mass is 32.1. The van der Waals surface area contributed by atoms with Crippen LogP contribution in [0.3, 0.4) is 0 Å². The third kappa shape index (κ3) is 5.22. The number of hydrogen-bond acceptors (Lipinski definition) is 6. The van der Waals surface area contributed by atoms with Crippen LogP contribution in [0.5, 0.6) is 0 Å². The first-order chi connectivity index (χ1) is 14.8. The van der Waals surface area contributed by atoms with Crippen LogP contribution in [-0.4, -0.2) is 51.5 Å². The third-order valence-electron chi connectivity index (χ3n) is 5.35. The standard InChI is InChI=1S/C21H26N6O3S/c1-12(2)18(25-26-22)21(30)27-10-16(28)8-17(27)20(29)23-9-14-4-6-15(7-5-14)19-13(3)24-11-31-19/h4-7,11-12,16-18,28H,8-10H2,1-3H3,(H,23,29)/t16-,17+,18+/m1/s1. The first-order valence-corrected chi connectivity index (χ1v) is 11.0. The summed E-state index contributed by atoms with van der Waals surface area (Å²) < 4.78 is 0. The largest absolute Gasteiger partial charge is 0.391 e. The van der Waals surface area contributed by atoms with Gasteiger partial charge in [0.05, 0.1) is 22.2 Å². The summed E-state index contributed by atoms with van der Waals surface area (Å²) in [5, 5.41) is 16.5. The highest BCUT2D eigenvalue weighted by Crippen LogP contribution is 2.27. The lowest BCUT2D eigenvalue weighted by Gasteiger charge is -2.27. The number of aromatic nitrogens is 1. The first-order valence-electron chi connectivity index (χ1n) is 10.1. The predicted molar refractivity (Wildman–Crippen MR) is 118 cm³/mol. The Balaban J connectivity index is 1.65. The van der Waals surface area contributed by atoms with Gasteiger partial charge in [-0.3, -0.25) is 9.59 Å². The summed E-state index contributed by atoms with van der Waals surface area (Å²) in [4.78, 5) is 35.1. The van der Waals surface area contributed by atoms with Gasteiger partial charge in [-0.1, -0.05) is 43.2 Å². The number of β-amino-alcohol motifs (C(OH)–C–C–N with tert-alkyl or cyclic N) is 1. The summed E-state index contributed by atoms with van der Waals surface area (Å²) in [7, 11) is 0. The Bertz CT molecular complexity index is 983. The minimum absolute atomic E-state index is 0.0456. The lowest BCUT2D eigenvalue weighted by Crippen LogP contribution is -2.49. The van der Waals surface area contributed by atoms with Crippen molar-refractivity contribution in [2.75, 3.05) is 6.54 Å². The van der Waals surface area contributed by atoms with Crippen molar-refractivity contribution in [1.82, 2.24) is 15.2 Å². The fourth-order valence-electron chi connectivity index (χ4n) is 3.66. The fourth-order valence-corrected chi connectivity index (χ4v) is 4.47. The molecule has 2 amide bonds. The maximum absolute atomic E-state index is 12.9. The Morgan fingerprint density at radius 1 is 1.39 bits per heavy atom. The minimum atomic E-state index is -0.909. The van der Waals surface area contributed by atoms with Crippen LogP contribution in [0.1, 0.15) is 31.5 Å². The van der Waals surface area contributed by atoms with Crippen molar-refractivity contribution in [3.8, 4) is 10.4 Å². The molecule has 164 valence electrons. The molecule has 0 aliphatic carbocycles. The molecule has 1 aromatic carbocycles. The molecule has 0 saturated carbocycles. The minimum Gasteiger partial charge on any atom is -0.391 e. The number of azide groups is 1. The highest BCUT2D eigenvalue weighted by molar-refractivity contribution is 7.13. The Morgan fingerprint density at radius 2 is 2.10 bits per heavy atom. The number of rotatable bonds is 7. The van der Waals surface area contributed by atoms with Crippen molar-refractivity contribution in [2.45, 2.75) is 51.9 Å². The lowest BCUT2D eigenvalue weighted by atomic mass is 10.0. The van der Waals surface area contributed by atoms with E-state index >= 15 is 0 Å². The van der Waals surface area contributed by atoms with Gasteiger partial charge in [0.25, 0.3) is 0 Å². The number of aryl methyl sites for hydroxylation is 1. The number of thiazole rings is 1. The predicted octanol–water partition coefficient (Wildman–Crippen LogP) is 3.03. The van der Waals surface area contributed by atoms with E-state index in [9.17, 15) is 14.7 Å². The lowest BCUT2D eigenvalue weighted by molar-refractivity contribution is -0.140. The van der Waals surface area contributed by atoms with Gasteiger partial charge in [-0.25, -0.2) is 4.98 Å². The van der Waals surface area contributed by atoms with Crippen LogP contribution >= 0.6 is 11.3 Å². The number of carbonyl (C=O) groups excluding carboxylic acids is 2. The van der Waals surface area contributed by atoms with E-state index in [1.54, 1.807) is 25.2 Å².